The molecule has 8 heteroatoms. The summed E-state index contributed by atoms with van der Waals surface area (Å²) in [7, 11) is 3.31. The van der Waals surface area contributed by atoms with Gasteiger partial charge in [-0.25, -0.2) is 13.8 Å². The lowest BCUT2D eigenvalue weighted by atomic mass is 10.1. The Morgan fingerprint density at radius 3 is 2.59 bits per heavy atom. The van der Waals surface area contributed by atoms with Crippen molar-refractivity contribution in [3.05, 3.63) is 70.0 Å². The van der Waals surface area contributed by atoms with Gasteiger partial charge in [-0.2, -0.15) is 4.68 Å². The van der Waals surface area contributed by atoms with Crippen molar-refractivity contribution in [3.63, 3.8) is 0 Å². The lowest BCUT2D eigenvalue weighted by molar-refractivity contribution is -0.117. The van der Waals surface area contributed by atoms with Gasteiger partial charge in [0.05, 0.1) is 10.9 Å². The number of aryl methyl sites for hydroxylation is 1. The van der Waals surface area contributed by atoms with Crippen LogP contribution in [0.2, 0.25) is 0 Å². The van der Waals surface area contributed by atoms with Crippen LogP contribution < -0.4 is 15.9 Å². The van der Waals surface area contributed by atoms with Gasteiger partial charge in [0.2, 0.25) is 11.9 Å². The summed E-state index contributed by atoms with van der Waals surface area (Å²) in [5.41, 5.74) is 2.89. The summed E-state index contributed by atoms with van der Waals surface area (Å²) in [6, 6.07) is 9.64. The summed E-state index contributed by atoms with van der Waals surface area (Å²) >= 11 is 0. The molecule has 0 aliphatic carbocycles. The van der Waals surface area contributed by atoms with Gasteiger partial charge in [-0.05, 0) is 36.2 Å². The van der Waals surface area contributed by atoms with E-state index in [-0.39, 0.29) is 29.1 Å². The van der Waals surface area contributed by atoms with Gasteiger partial charge in [-0.3, -0.25) is 15.0 Å². The first-order valence-corrected chi connectivity index (χ1v) is 8.29. The molecule has 1 amide bonds. The molecule has 0 saturated carbocycles. The summed E-state index contributed by atoms with van der Waals surface area (Å²) in [4.78, 5) is 30.9. The third-order valence-corrected chi connectivity index (χ3v) is 3.98. The summed E-state index contributed by atoms with van der Waals surface area (Å²) < 4.78 is 27.7. The third-order valence-electron chi connectivity index (χ3n) is 3.98. The highest BCUT2D eigenvalue weighted by Gasteiger charge is 2.15. The van der Waals surface area contributed by atoms with Crippen molar-refractivity contribution in [2.75, 3.05) is 24.4 Å². The normalized spacial score (nSPS) is 10.8. The molecule has 0 unspecified atom stereocenters. The molecule has 27 heavy (non-hydrogen) atoms. The van der Waals surface area contributed by atoms with E-state index in [0.717, 1.165) is 10.7 Å². The maximum absolute atomic E-state index is 13.4. The number of hydrogen-bond donors (Lipinski definition) is 1. The van der Waals surface area contributed by atoms with E-state index in [1.807, 2.05) is 0 Å². The summed E-state index contributed by atoms with van der Waals surface area (Å²) in [5, 5.41) is 0.187. The number of fused-ring (bicyclic) bond motifs is 1. The predicted octanol–water partition coefficient (Wildman–Crippen LogP) is 2.44. The van der Waals surface area contributed by atoms with Gasteiger partial charge < -0.3 is 4.90 Å². The SMILES string of the molecule is CN(C)c1nc2cc(F)ccc2c(=O)n1NC(=O)CCc1cccc(F)c1. The van der Waals surface area contributed by atoms with E-state index in [2.05, 4.69) is 10.4 Å². The molecule has 0 fully saturated rings. The Hall–Kier alpha value is -3.29. The van der Waals surface area contributed by atoms with E-state index in [0.29, 0.717) is 12.0 Å². The summed E-state index contributed by atoms with van der Waals surface area (Å²) in [6.07, 6.45) is 0.381. The van der Waals surface area contributed by atoms with Crippen LogP contribution in [0.4, 0.5) is 14.7 Å². The number of rotatable bonds is 5. The number of nitrogens with one attached hydrogen (secondary N) is 1. The number of anilines is 1. The molecule has 0 spiro atoms. The van der Waals surface area contributed by atoms with Gasteiger partial charge >= 0.3 is 0 Å². The second-order valence-electron chi connectivity index (χ2n) is 6.27. The zero-order chi connectivity index (χ0) is 19.6. The minimum atomic E-state index is -0.511. The highest BCUT2D eigenvalue weighted by atomic mass is 19.1. The van der Waals surface area contributed by atoms with Crippen LogP contribution in [0.3, 0.4) is 0 Å². The molecule has 0 atom stereocenters. The molecule has 0 radical (unpaired) electrons. The Morgan fingerprint density at radius 2 is 1.89 bits per heavy atom. The second kappa shape index (κ2) is 7.53. The van der Waals surface area contributed by atoms with Crippen LogP contribution in [0, 0.1) is 11.6 Å². The monoisotopic (exact) mass is 372 g/mol. The Kier molecular flexibility index (Phi) is 5.16. The number of amides is 1. The summed E-state index contributed by atoms with van der Waals surface area (Å²) in [5.74, 6) is -1.13. The standard InChI is InChI=1S/C19H18F2N4O2/c1-24(2)19-22-16-11-14(21)7-8-15(16)18(27)25(19)23-17(26)9-6-12-4-3-5-13(20)10-12/h3-5,7-8,10-11H,6,9H2,1-2H3,(H,23,26). The number of aromatic nitrogens is 2. The number of benzene rings is 2. The number of carbonyl (C=O) groups is 1. The first-order chi connectivity index (χ1) is 12.8. The Bertz CT molecular complexity index is 1060. The van der Waals surface area contributed by atoms with E-state index in [9.17, 15) is 18.4 Å². The van der Waals surface area contributed by atoms with Crippen LogP contribution in [0.15, 0.2) is 47.3 Å². The molecular weight excluding hydrogens is 354 g/mol. The van der Waals surface area contributed by atoms with Crippen LogP contribution in [0.25, 0.3) is 10.9 Å². The molecule has 1 aromatic heterocycles. The average molecular weight is 372 g/mol. The number of carbonyl (C=O) groups excluding carboxylic acids is 1. The largest absolute Gasteiger partial charge is 0.347 e. The van der Waals surface area contributed by atoms with Gasteiger partial charge in [-0.1, -0.05) is 12.1 Å². The Labute approximate surface area is 154 Å². The molecule has 6 nitrogen and oxygen atoms in total. The fourth-order valence-corrected chi connectivity index (χ4v) is 2.68. The molecule has 0 bridgehead atoms. The highest BCUT2D eigenvalue weighted by Crippen LogP contribution is 2.14. The molecule has 0 aliphatic heterocycles. The minimum Gasteiger partial charge on any atom is -0.347 e. The quantitative estimate of drug-likeness (QED) is 0.747. The van der Waals surface area contributed by atoms with Crippen molar-refractivity contribution in [1.29, 1.82) is 0 Å². The van der Waals surface area contributed by atoms with Crippen LogP contribution in [0.5, 0.6) is 0 Å². The highest BCUT2D eigenvalue weighted by molar-refractivity contribution is 5.85. The maximum atomic E-state index is 13.4. The van der Waals surface area contributed by atoms with E-state index in [1.54, 1.807) is 31.1 Å². The molecule has 1 heterocycles. The first-order valence-electron chi connectivity index (χ1n) is 8.29. The number of halogens is 2. The molecule has 0 saturated heterocycles. The van der Waals surface area contributed by atoms with Gasteiger partial charge in [0.1, 0.15) is 11.6 Å². The Balaban J connectivity index is 1.87. The van der Waals surface area contributed by atoms with Crippen molar-refractivity contribution >= 4 is 22.8 Å². The van der Waals surface area contributed by atoms with Gasteiger partial charge in [0.25, 0.3) is 5.56 Å². The zero-order valence-corrected chi connectivity index (χ0v) is 14.9. The maximum Gasteiger partial charge on any atom is 0.281 e. The van der Waals surface area contributed by atoms with Crippen LogP contribution in [-0.2, 0) is 11.2 Å². The average Bonchev–Trinajstić information content (AvgIpc) is 2.62. The van der Waals surface area contributed by atoms with E-state index >= 15 is 0 Å². The van der Waals surface area contributed by atoms with Gasteiger partial charge in [-0.15, -0.1) is 0 Å². The van der Waals surface area contributed by atoms with Crippen molar-refractivity contribution in [1.82, 2.24) is 9.66 Å². The molecular formula is C19H18F2N4O2. The molecule has 3 aromatic rings. The van der Waals surface area contributed by atoms with E-state index in [4.69, 9.17) is 0 Å². The third kappa shape index (κ3) is 4.11. The fraction of sp³-hybridized carbons (Fsp3) is 0.211. The van der Waals surface area contributed by atoms with Gasteiger partial charge in [0.15, 0.2) is 0 Å². The van der Waals surface area contributed by atoms with Gasteiger partial charge in [0, 0.05) is 26.6 Å². The number of hydrogen-bond acceptors (Lipinski definition) is 4. The van der Waals surface area contributed by atoms with Crippen LogP contribution in [-0.4, -0.2) is 29.7 Å². The lowest BCUT2D eigenvalue weighted by Gasteiger charge is -2.19. The van der Waals surface area contributed by atoms with Crippen LogP contribution >= 0.6 is 0 Å². The van der Waals surface area contributed by atoms with Crippen LogP contribution in [0.1, 0.15) is 12.0 Å². The molecule has 140 valence electrons. The van der Waals surface area contributed by atoms with E-state index in [1.165, 1.54) is 24.3 Å². The molecule has 2 aromatic carbocycles. The fourth-order valence-electron chi connectivity index (χ4n) is 2.68. The molecule has 1 N–H and O–H groups in total. The molecule has 3 rings (SSSR count). The number of nitrogens with zero attached hydrogens (tertiary/aromatic N) is 3. The van der Waals surface area contributed by atoms with Crippen molar-refractivity contribution in [2.24, 2.45) is 0 Å². The topological polar surface area (TPSA) is 67.2 Å². The van der Waals surface area contributed by atoms with Crippen molar-refractivity contribution in [3.8, 4) is 0 Å². The second-order valence-corrected chi connectivity index (χ2v) is 6.27. The smallest absolute Gasteiger partial charge is 0.281 e. The predicted molar refractivity (Wildman–Crippen MR) is 99.4 cm³/mol. The van der Waals surface area contributed by atoms with Crippen molar-refractivity contribution in [2.45, 2.75) is 12.8 Å². The van der Waals surface area contributed by atoms with Crippen molar-refractivity contribution < 1.29 is 13.6 Å². The minimum absolute atomic E-state index is 0.0597. The summed E-state index contributed by atoms with van der Waals surface area (Å²) in [6.45, 7) is 0. The van der Waals surface area contributed by atoms with E-state index < -0.39 is 17.3 Å². The zero-order valence-electron chi connectivity index (χ0n) is 14.9. The first kappa shape index (κ1) is 18.5. The Morgan fingerprint density at radius 1 is 1.15 bits per heavy atom. The lowest BCUT2D eigenvalue weighted by Crippen LogP contribution is -2.37. The molecule has 0 aliphatic rings.